The number of hydrogen-bond acceptors (Lipinski definition) is 4. The van der Waals surface area contributed by atoms with Gasteiger partial charge in [-0.15, -0.1) is 0 Å². The Hall–Kier alpha value is -0.910. The molecule has 6 heteroatoms. The van der Waals surface area contributed by atoms with Crippen LogP contribution in [-0.4, -0.2) is 35.3 Å². The fourth-order valence-corrected chi connectivity index (χ4v) is 1.55. The third kappa shape index (κ3) is 2.81. The molecule has 0 saturated carbocycles. The maximum Gasteiger partial charge on any atom is 0.198 e. The van der Waals surface area contributed by atoms with Crippen LogP contribution in [-0.2, 0) is 11.3 Å². The molecule has 90 valence electrons. The molecule has 0 aliphatic heterocycles. The van der Waals surface area contributed by atoms with Crippen LogP contribution in [0.25, 0.3) is 0 Å². The molecule has 0 bridgehead atoms. The Morgan fingerprint density at radius 1 is 1.75 bits per heavy atom. The average molecular weight is 246 g/mol. The van der Waals surface area contributed by atoms with Crippen molar-refractivity contribution in [3.63, 3.8) is 0 Å². The van der Waals surface area contributed by atoms with Gasteiger partial charge in [-0.3, -0.25) is 9.48 Å². The molecular formula is C10H16ClN3O2. The predicted molar refractivity (Wildman–Crippen MR) is 61.7 cm³/mol. The number of nitrogens with two attached hydrogens (primary N) is 1. The molecular weight excluding hydrogens is 230 g/mol. The van der Waals surface area contributed by atoms with Crippen molar-refractivity contribution in [2.24, 2.45) is 5.73 Å². The smallest absolute Gasteiger partial charge is 0.198 e. The van der Waals surface area contributed by atoms with Gasteiger partial charge in [0.1, 0.15) is 5.69 Å². The topological polar surface area (TPSA) is 70.1 Å². The molecule has 1 heterocycles. The monoisotopic (exact) mass is 245 g/mol. The highest BCUT2D eigenvalue weighted by atomic mass is 35.5. The molecule has 5 nitrogen and oxygen atoms in total. The highest BCUT2D eigenvalue weighted by Gasteiger charge is 2.21. The number of ketones is 1. The van der Waals surface area contributed by atoms with Gasteiger partial charge < -0.3 is 10.5 Å². The number of methoxy groups -OCH3 is 1. The maximum absolute atomic E-state index is 11.9. The summed E-state index contributed by atoms with van der Waals surface area (Å²) in [4.78, 5) is 11.9. The molecule has 1 rings (SSSR count). The molecule has 0 saturated heterocycles. The van der Waals surface area contributed by atoms with Crippen LogP contribution in [0.4, 0.5) is 0 Å². The van der Waals surface area contributed by atoms with E-state index in [4.69, 9.17) is 22.1 Å². The highest BCUT2D eigenvalue weighted by molar-refractivity contribution is 6.33. The number of carbonyl (C=O) groups excluding carboxylic acids is 1. The number of rotatable bonds is 6. The summed E-state index contributed by atoms with van der Waals surface area (Å²) < 4.78 is 6.46. The summed E-state index contributed by atoms with van der Waals surface area (Å²) in [6, 6.07) is -0.532. The van der Waals surface area contributed by atoms with E-state index >= 15 is 0 Å². The zero-order valence-corrected chi connectivity index (χ0v) is 10.2. The number of nitrogens with zero attached hydrogens (tertiary/aromatic N) is 2. The van der Waals surface area contributed by atoms with Crippen LogP contribution >= 0.6 is 11.6 Å². The largest absolute Gasteiger partial charge is 0.383 e. The van der Waals surface area contributed by atoms with Crippen molar-refractivity contribution in [1.82, 2.24) is 9.78 Å². The van der Waals surface area contributed by atoms with E-state index < -0.39 is 6.04 Å². The van der Waals surface area contributed by atoms with Crippen LogP contribution < -0.4 is 5.73 Å². The van der Waals surface area contributed by atoms with Crippen molar-refractivity contribution >= 4 is 17.4 Å². The average Bonchev–Trinajstić information content (AvgIpc) is 2.65. The molecule has 16 heavy (non-hydrogen) atoms. The number of carbonyl (C=O) groups is 1. The lowest BCUT2D eigenvalue weighted by Gasteiger charge is -2.10. The van der Waals surface area contributed by atoms with Gasteiger partial charge >= 0.3 is 0 Å². The third-order valence-corrected chi connectivity index (χ3v) is 2.59. The van der Waals surface area contributed by atoms with Crippen molar-refractivity contribution in [2.75, 3.05) is 13.7 Å². The summed E-state index contributed by atoms with van der Waals surface area (Å²) in [5.41, 5.74) is 6.06. The summed E-state index contributed by atoms with van der Waals surface area (Å²) in [5, 5.41) is 4.36. The molecule has 0 radical (unpaired) electrons. The van der Waals surface area contributed by atoms with Crippen LogP contribution in [0.5, 0.6) is 0 Å². The van der Waals surface area contributed by atoms with Gasteiger partial charge in [-0.25, -0.2) is 0 Å². The fraction of sp³-hybridized carbons (Fsp3) is 0.600. The van der Waals surface area contributed by atoms with E-state index in [0.717, 1.165) is 0 Å². The van der Waals surface area contributed by atoms with Crippen LogP contribution in [0.15, 0.2) is 6.20 Å². The standard InChI is InChI=1S/C10H16ClN3O2/c1-3-8(12)10(15)9-7(11)6-13-14(9)4-5-16-2/h6,8H,3-5,12H2,1-2H3. The molecule has 1 aromatic heterocycles. The fourth-order valence-electron chi connectivity index (χ4n) is 1.32. The van der Waals surface area contributed by atoms with Crippen molar-refractivity contribution in [1.29, 1.82) is 0 Å². The van der Waals surface area contributed by atoms with Gasteiger partial charge in [0.05, 0.1) is 30.4 Å². The zero-order valence-electron chi connectivity index (χ0n) is 9.44. The first-order valence-corrected chi connectivity index (χ1v) is 5.49. The van der Waals surface area contributed by atoms with Gasteiger partial charge in [0.25, 0.3) is 0 Å². The summed E-state index contributed by atoms with van der Waals surface area (Å²) in [6.07, 6.45) is 2.03. The van der Waals surface area contributed by atoms with Crippen LogP contribution in [0.3, 0.4) is 0 Å². The first kappa shape index (κ1) is 13.2. The van der Waals surface area contributed by atoms with Crippen LogP contribution in [0.2, 0.25) is 5.02 Å². The maximum atomic E-state index is 11.9. The first-order chi connectivity index (χ1) is 7.61. The molecule has 1 aromatic rings. The Kier molecular flexibility index (Phi) is 4.92. The number of halogens is 1. The van der Waals surface area contributed by atoms with Gasteiger partial charge in [-0.2, -0.15) is 5.10 Å². The Labute approximate surface area is 99.5 Å². The molecule has 1 unspecified atom stereocenters. The van der Waals surface area contributed by atoms with Crippen LogP contribution in [0, 0.1) is 0 Å². The molecule has 0 amide bonds. The molecule has 0 aliphatic rings. The predicted octanol–water partition coefficient (Wildman–Crippen LogP) is 1.10. The summed E-state index contributed by atoms with van der Waals surface area (Å²) in [6.45, 7) is 2.81. The number of aromatic nitrogens is 2. The second kappa shape index (κ2) is 5.98. The van der Waals surface area contributed by atoms with Crippen molar-refractivity contribution in [3.8, 4) is 0 Å². The molecule has 2 N–H and O–H groups in total. The van der Waals surface area contributed by atoms with Gasteiger partial charge in [0.2, 0.25) is 0 Å². The lowest BCUT2D eigenvalue weighted by atomic mass is 10.1. The van der Waals surface area contributed by atoms with E-state index in [1.54, 1.807) is 7.11 Å². The third-order valence-electron chi connectivity index (χ3n) is 2.31. The minimum absolute atomic E-state index is 0.180. The second-order valence-corrected chi connectivity index (χ2v) is 3.84. The Morgan fingerprint density at radius 2 is 2.44 bits per heavy atom. The molecule has 0 aromatic carbocycles. The highest BCUT2D eigenvalue weighted by Crippen LogP contribution is 2.17. The van der Waals surface area contributed by atoms with Crippen molar-refractivity contribution < 1.29 is 9.53 Å². The second-order valence-electron chi connectivity index (χ2n) is 3.44. The van der Waals surface area contributed by atoms with Gasteiger partial charge in [0, 0.05) is 7.11 Å². The Bertz CT molecular complexity index is 365. The van der Waals surface area contributed by atoms with Crippen LogP contribution in [0.1, 0.15) is 23.8 Å². The summed E-state index contributed by atoms with van der Waals surface area (Å²) in [7, 11) is 1.59. The summed E-state index contributed by atoms with van der Waals surface area (Å²) in [5.74, 6) is -0.180. The number of hydrogen-bond donors (Lipinski definition) is 1. The lowest BCUT2D eigenvalue weighted by Crippen LogP contribution is -2.32. The van der Waals surface area contributed by atoms with Crippen molar-refractivity contribution in [3.05, 3.63) is 16.9 Å². The first-order valence-electron chi connectivity index (χ1n) is 5.11. The Morgan fingerprint density at radius 3 is 3.00 bits per heavy atom. The molecule has 0 spiro atoms. The summed E-state index contributed by atoms with van der Waals surface area (Å²) >= 11 is 5.92. The molecule has 1 atom stereocenters. The number of ether oxygens (including phenoxy) is 1. The minimum atomic E-state index is -0.532. The SMILES string of the molecule is CCC(N)C(=O)c1c(Cl)cnn1CCOC. The normalized spacial score (nSPS) is 12.8. The minimum Gasteiger partial charge on any atom is -0.383 e. The lowest BCUT2D eigenvalue weighted by molar-refractivity contribution is 0.0945. The molecule has 0 fully saturated rings. The Balaban J connectivity index is 2.92. The zero-order chi connectivity index (χ0) is 12.1. The van der Waals surface area contributed by atoms with E-state index in [1.165, 1.54) is 10.9 Å². The van der Waals surface area contributed by atoms with Gasteiger partial charge in [-0.05, 0) is 6.42 Å². The van der Waals surface area contributed by atoms with E-state index in [-0.39, 0.29) is 5.78 Å². The van der Waals surface area contributed by atoms with E-state index in [1.807, 2.05) is 6.92 Å². The van der Waals surface area contributed by atoms with E-state index in [2.05, 4.69) is 5.10 Å². The van der Waals surface area contributed by atoms with Gasteiger partial charge in [0.15, 0.2) is 5.78 Å². The van der Waals surface area contributed by atoms with Crippen molar-refractivity contribution in [2.45, 2.75) is 25.9 Å². The number of Topliss-reactive ketones (excluding diaryl/α,β-unsaturated/α-hetero) is 1. The quantitative estimate of drug-likeness (QED) is 0.762. The van der Waals surface area contributed by atoms with Gasteiger partial charge in [-0.1, -0.05) is 18.5 Å². The van der Waals surface area contributed by atoms with E-state index in [0.29, 0.717) is 30.3 Å². The van der Waals surface area contributed by atoms with E-state index in [9.17, 15) is 4.79 Å². The molecule has 0 aliphatic carbocycles.